The van der Waals surface area contributed by atoms with E-state index >= 15 is 0 Å². The molecule has 26 heavy (non-hydrogen) atoms. The van der Waals surface area contributed by atoms with E-state index in [1.807, 2.05) is 24.3 Å². The number of hydrogen-bond acceptors (Lipinski definition) is 5. The molecular weight excluding hydrogens is 330 g/mol. The van der Waals surface area contributed by atoms with Gasteiger partial charge in [-0.3, -0.25) is 9.69 Å². The lowest BCUT2D eigenvalue weighted by Crippen LogP contribution is -2.27. The van der Waals surface area contributed by atoms with Crippen LogP contribution in [0, 0.1) is 0 Å². The first-order chi connectivity index (χ1) is 12.7. The smallest absolute Gasteiger partial charge is 0.272 e. The Bertz CT molecular complexity index is 1010. The van der Waals surface area contributed by atoms with Crippen LogP contribution in [-0.2, 0) is 6.54 Å². The number of aromatic amines is 1. The number of fused-ring (bicyclic) bond motifs is 2. The number of aliphatic hydroxyl groups excluding tert-OH is 1. The fourth-order valence-electron chi connectivity index (χ4n) is 3.52. The van der Waals surface area contributed by atoms with Crippen molar-refractivity contribution in [3.05, 3.63) is 52.3 Å². The molecule has 0 unspecified atom stereocenters. The van der Waals surface area contributed by atoms with Gasteiger partial charge in [0.25, 0.3) is 5.56 Å². The summed E-state index contributed by atoms with van der Waals surface area (Å²) >= 11 is 0. The van der Waals surface area contributed by atoms with Gasteiger partial charge < -0.3 is 9.84 Å². The third-order valence-corrected chi connectivity index (χ3v) is 4.66. The summed E-state index contributed by atoms with van der Waals surface area (Å²) in [5.41, 5.74) is 2.52. The largest absolute Gasteiger partial charge is 0.456 e. The molecule has 0 bridgehead atoms. The third-order valence-electron chi connectivity index (χ3n) is 4.66. The van der Waals surface area contributed by atoms with E-state index in [4.69, 9.17) is 4.74 Å². The third kappa shape index (κ3) is 2.87. The molecule has 6 heteroatoms. The molecule has 1 aliphatic rings. The van der Waals surface area contributed by atoms with Crippen molar-refractivity contribution in [3.63, 3.8) is 0 Å². The van der Waals surface area contributed by atoms with Crippen molar-refractivity contribution in [2.45, 2.75) is 19.9 Å². The number of aliphatic hydroxyl groups is 1. The predicted octanol–water partition coefficient (Wildman–Crippen LogP) is 2.90. The van der Waals surface area contributed by atoms with Crippen LogP contribution in [0.1, 0.15) is 18.9 Å². The number of benzene rings is 2. The quantitative estimate of drug-likeness (QED) is 0.558. The van der Waals surface area contributed by atoms with Crippen molar-refractivity contribution in [1.29, 1.82) is 0 Å². The maximum atomic E-state index is 12.1. The van der Waals surface area contributed by atoms with Gasteiger partial charge in [-0.2, -0.15) is 5.10 Å². The van der Waals surface area contributed by atoms with Gasteiger partial charge in [0.15, 0.2) is 0 Å². The van der Waals surface area contributed by atoms with Crippen LogP contribution in [0.15, 0.2) is 41.2 Å². The van der Waals surface area contributed by atoms with E-state index in [0.29, 0.717) is 17.7 Å². The molecule has 0 aliphatic carbocycles. The van der Waals surface area contributed by atoms with E-state index in [1.165, 1.54) is 0 Å². The van der Waals surface area contributed by atoms with Gasteiger partial charge in [0.1, 0.15) is 17.2 Å². The van der Waals surface area contributed by atoms with Crippen LogP contribution in [0.5, 0.6) is 11.5 Å². The summed E-state index contributed by atoms with van der Waals surface area (Å²) < 4.78 is 6.01. The number of hydrogen-bond donors (Lipinski definition) is 2. The summed E-state index contributed by atoms with van der Waals surface area (Å²) in [4.78, 5) is 14.3. The number of aromatic nitrogens is 2. The molecule has 0 saturated carbocycles. The molecule has 1 aliphatic heterocycles. The zero-order valence-corrected chi connectivity index (χ0v) is 14.7. The van der Waals surface area contributed by atoms with E-state index in [9.17, 15) is 9.90 Å². The Morgan fingerprint density at radius 2 is 2.08 bits per heavy atom. The summed E-state index contributed by atoms with van der Waals surface area (Å²) in [5, 5.41) is 17.5. The average Bonchev–Trinajstić information content (AvgIpc) is 2.65. The van der Waals surface area contributed by atoms with Crippen LogP contribution < -0.4 is 10.3 Å². The van der Waals surface area contributed by atoms with Gasteiger partial charge in [-0.05, 0) is 42.8 Å². The monoisotopic (exact) mass is 351 g/mol. The van der Waals surface area contributed by atoms with Crippen LogP contribution in [0.25, 0.3) is 22.0 Å². The van der Waals surface area contributed by atoms with Crippen molar-refractivity contribution in [3.8, 4) is 22.8 Å². The Labute approximate surface area is 151 Å². The normalized spacial score (nSPS) is 12.3. The summed E-state index contributed by atoms with van der Waals surface area (Å²) in [6, 6.07) is 11.5. The summed E-state index contributed by atoms with van der Waals surface area (Å²) in [6.07, 6.45) is 1.03. The van der Waals surface area contributed by atoms with E-state index in [2.05, 4.69) is 28.1 Å². The molecule has 3 aromatic rings. The lowest BCUT2D eigenvalue weighted by atomic mass is 9.99. The fraction of sp³-hybridized carbons (Fsp3) is 0.300. The Morgan fingerprint density at radius 3 is 2.88 bits per heavy atom. The second kappa shape index (κ2) is 6.90. The highest BCUT2D eigenvalue weighted by Crippen LogP contribution is 2.44. The maximum Gasteiger partial charge on any atom is 0.272 e. The van der Waals surface area contributed by atoms with Crippen molar-refractivity contribution in [2.24, 2.45) is 0 Å². The second-order valence-electron chi connectivity index (χ2n) is 6.51. The summed E-state index contributed by atoms with van der Waals surface area (Å²) in [7, 11) is 0. The highest BCUT2D eigenvalue weighted by atomic mass is 16.5. The first-order valence-corrected chi connectivity index (χ1v) is 8.87. The van der Waals surface area contributed by atoms with E-state index in [0.717, 1.165) is 47.5 Å². The molecule has 0 fully saturated rings. The van der Waals surface area contributed by atoms with Crippen molar-refractivity contribution < 1.29 is 9.84 Å². The summed E-state index contributed by atoms with van der Waals surface area (Å²) in [5.74, 6) is 1.39. The number of nitrogens with one attached hydrogen (secondary N) is 1. The van der Waals surface area contributed by atoms with Crippen molar-refractivity contribution >= 4 is 10.8 Å². The Hall–Kier alpha value is -2.70. The molecule has 134 valence electrons. The van der Waals surface area contributed by atoms with Gasteiger partial charge in [0.2, 0.25) is 0 Å². The fourth-order valence-corrected chi connectivity index (χ4v) is 3.52. The lowest BCUT2D eigenvalue weighted by Gasteiger charge is -2.23. The van der Waals surface area contributed by atoms with E-state index in [-0.39, 0.29) is 12.2 Å². The Kier molecular flexibility index (Phi) is 4.44. The molecule has 0 radical (unpaired) electrons. The zero-order chi connectivity index (χ0) is 18.1. The van der Waals surface area contributed by atoms with Gasteiger partial charge in [-0.15, -0.1) is 0 Å². The number of rotatable bonds is 6. The van der Waals surface area contributed by atoms with Gasteiger partial charge in [0.05, 0.1) is 17.4 Å². The zero-order valence-electron chi connectivity index (χ0n) is 14.7. The molecule has 4 rings (SSSR count). The molecular formula is C20H21N3O3. The molecule has 0 saturated heterocycles. The molecule has 2 N–H and O–H groups in total. The van der Waals surface area contributed by atoms with Crippen LogP contribution in [0.2, 0.25) is 0 Å². The molecule has 0 atom stereocenters. The highest BCUT2D eigenvalue weighted by Gasteiger charge is 2.23. The second-order valence-corrected chi connectivity index (χ2v) is 6.51. The Balaban J connectivity index is 1.78. The topological polar surface area (TPSA) is 78.5 Å². The van der Waals surface area contributed by atoms with Crippen LogP contribution in [0.4, 0.5) is 0 Å². The lowest BCUT2D eigenvalue weighted by molar-refractivity contribution is 0.190. The van der Waals surface area contributed by atoms with E-state index in [1.54, 1.807) is 6.07 Å². The SMILES string of the molecule is CCCN(CCO)Cc1ccc2c(c1)-c1n[nH]c(=O)c3cccc(c13)O2. The van der Waals surface area contributed by atoms with Gasteiger partial charge >= 0.3 is 0 Å². The first-order valence-electron chi connectivity index (χ1n) is 8.87. The minimum Gasteiger partial charge on any atom is -0.456 e. The minimum absolute atomic E-state index is 0.142. The molecule has 0 spiro atoms. The minimum atomic E-state index is -0.217. The summed E-state index contributed by atoms with van der Waals surface area (Å²) in [6.45, 7) is 4.59. The highest BCUT2D eigenvalue weighted by molar-refractivity contribution is 6.01. The number of ether oxygens (including phenoxy) is 1. The van der Waals surface area contributed by atoms with Crippen molar-refractivity contribution in [2.75, 3.05) is 19.7 Å². The number of H-pyrrole nitrogens is 1. The number of nitrogens with zero attached hydrogens (tertiary/aromatic N) is 2. The van der Waals surface area contributed by atoms with Crippen LogP contribution >= 0.6 is 0 Å². The standard InChI is InChI=1S/C20H21N3O3/c1-2-8-23(9-10-24)12-13-6-7-16-15(11-13)19-18-14(20(25)22-21-19)4-3-5-17(18)26-16/h3-7,11,24H,2,8-10,12H2,1H3,(H,22,25). The van der Waals surface area contributed by atoms with Gasteiger partial charge in [0, 0.05) is 18.7 Å². The first kappa shape index (κ1) is 16.8. The van der Waals surface area contributed by atoms with Gasteiger partial charge in [-0.25, -0.2) is 5.10 Å². The molecule has 2 heterocycles. The molecule has 1 aromatic heterocycles. The van der Waals surface area contributed by atoms with Gasteiger partial charge in [-0.1, -0.05) is 19.1 Å². The molecule has 0 amide bonds. The van der Waals surface area contributed by atoms with Crippen molar-refractivity contribution in [1.82, 2.24) is 15.1 Å². The maximum absolute atomic E-state index is 12.1. The molecule has 2 aromatic carbocycles. The Morgan fingerprint density at radius 1 is 1.19 bits per heavy atom. The molecule has 6 nitrogen and oxygen atoms in total. The van der Waals surface area contributed by atoms with Crippen LogP contribution in [-0.4, -0.2) is 39.9 Å². The predicted molar refractivity (Wildman–Crippen MR) is 101 cm³/mol. The van der Waals surface area contributed by atoms with E-state index < -0.39 is 0 Å². The average molecular weight is 351 g/mol. The van der Waals surface area contributed by atoms with Crippen LogP contribution in [0.3, 0.4) is 0 Å².